The third-order valence-electron chi connectivity index (χ3n) is 5.71. The highest BCUT2D eigenvalue weighted by Crippen LogP contribution is 2.42. The van der Waals surface area contributed by atoms with Gasteiger partial charge in [0.05, 0.1) is 6.10 Å². The van der Waals surface area contributed by atoms with E-state index >= 15 is 0 Å². The Morgan fingerprint density at radius 2 is 1.85 bits per heavy atom. The maximum atomic E-state index is 6.32. The van der Waals surface area contributed by atoms with Crippen molar-refractivity contribution < 1.29 is 4.74 Å². The molecule has 2 heteroatoms. The van der Waals surface area contributed by atoms with Gasteiger partial charge in [0.2, 0.25) is 0 Å². The van der Waals surface area contributed by atoms with Crippen LogP contribution in [0.1, 0.15) is 72.6 Å². The zero-order valence-electron chi connectivity index (χ0n) is 14.1. The molecule has 3 unspecified atom stereocenters. The Bertz CT molecular complexity index is 285. The predicted molar refractivity (Wildman–Crippen MR) is 86.0 cm³/mol. The van der Waals surface area contributed by atoms with Crippen molar-refractivity contribution in [1.29, 1.82) is 0 Å². The van der Waals surface area contributed by atoms with Gasteiger partial charge in [-0.1, -0.05) is 34.1 Å². The quantitative estimate of drug-likeness (QED) is 0.712. The van der Waals surface area contributed by atoms with Gasteiger partial charge in [-0.05, 0) is 62.3 Å². The Hall–Kier alpha value is -0.0800. The second-order valence-electron chi connectivity index (χ2n) is 7.73. The molecule has 0 spiro atoms. The van der Waals surface area contributed by atoms with Gasteiger partial charge in [0.1, 0.15) is 0 Å². The summed E-state index contributed by atoms with van der Waals surface area (Å²) < 4.78 is 6.32. The molecule has 0 saturated heterocycles. The lowest BCUT2D eigenvalue weighted by atomic mass is 9.68. The summed E-state index contributed by atoms with van der Waals surface area (Å²) in [6.07, 6.45) is 9.65. The molecule has 2 fully saturated rings. The zero-order valence-corrected chi connectivity index (χ0v) is 14.1. The molecule has 2 rings (SSSR count). The van der Waals surface area contributed by atoms with Gasteiger partial charge in [-0.15, -0.1) is 0 Å². The molecule has 2 aliphatic rings. The lowest BCUT2D eigenvalue weighted by molar-refractivity contribution is -0.0348. The van der Waals surface area contributed by atoms with Crippen molar-refractivity contribution in [3.05, 3.63) is 0 Å². The average molecular weight is 281 g/mol. The van der Waals surface area contributed by atoms with E-state index in [0.717, 1.165) is 25.0 Å². The molecule has 0 radical (unpaired) electrons. The van der Waals surface area contributed by atoms with Crippen molar-refractivity contribution in [1.82, 2.24) is 5.32 Å². The number of ether oxygens (including phenoxy) is 1. The SMILES string of the molecule is CCCNC1CCC(C(C)(C)CC)CC1OCC1CC1. The summed E-state index contributed by atoms with van der Waals surface area (Å²) in [5.41, 5.74) is 0.469. The molecular weight excluding hydrogens is 246 g/mol. The highest BCUT2D eigenvalue weighted by molar-refractivity contribution is 4.91. The minimum absolute atomic E-state index is 0.451. The summed E-state index contributed by atoms with van der Waals surface area (Å²) in [7, 11) is 0. The molecule has 0 aliphatic heterocycles. The van der Waals surface area contributed by atoms with Crippen LogP contribution in [0.15, 0.2) is 0 Å². The standard InChI is InChI=1S/C18H35NO/c1-5-11-19-16-10-9-15(18(3,4)6-2)12-17(16)20-13-14-7-8-14/h14-17,19H,5-13H2,1-4H3. The van der Waals surface area contributed by atoms with Crippen molar-refractivity contribution in [2.24, 2.45) is 17.3 Å². The van der Waals surface area contributed by atoms with Gasteiger partial charge in [0.25, 0.3) is 0 Å². The van der Waals surface area contributed by atoms with Crippen LogP contribution in [0.5, 0.6) is 0 Å². The summed E-state index contributed by atoms with van der Waals surface area (Å²) in [6, 6.07) is 0.595. The normalized spacial score (nSPS) is 31.5. The topological polar surface area (TPSA) is 21.3 Å². The van der Waals surface area contributed by atoms with Gasteiger partial charge in [-0.3, -0.25) is 0 Å². The van der Waals surface area contributed by atoms with E-state index in [1.165, 1.54) is 44.9 Å². The Labute approximate surface area is 126 Å². The molecule has 118 valence electrons. The Balaban J connectivity index is 1.90. The number of rotatable bonds is 8. The summed E-state index contributed by atoms with van der Waals surface area (Å²) in [5.74, 6) is 1.71. The van der Waals surface area contributed by atoms with Crippen molar-refractivity contribution in [2.45, 2.75) is 84.8 Å². The van der Waals surface area contributed by atoms with Gasteiger partial charge >= 0.3 is 0 Å². The fourth-order valence-electron chi connectivity index (χ4n) is 3.42. The number of hydrogen-bond acceptors (Lipinski definition) is 2. The minimum atomic E-state index is 0.451. The Kier molecular flexibility index (Phi) is 5.92. The van der Waals surface area contributed by atoms with E-state index in [9.17, 15) is 0 Å². The molecular formula is C18H35NO. The maximum absolute atomic E-state index is 6.32. The lowest BCUT2D eigenvalue weighted by Crippen LogP contribution is -2.48. The van der Waals surface area contributed by atoms with E-state index in [1.807, 2.05) is 0 Å². The second kappa shape index (κ2) is 7.26. The van der Waals surface area contributed by atoms with Crippen LogP contribution in [0.2, 0.25) is 0 Å². The first-order valence-electron chi connectivity index (χ1n) is 8.91. The third-order valence-corrected chi connectivity index (χ3v) is 5.71. The molecule has 0 heterocycles. The predicted octanol–water partition coefficient (Wildman–Crippen LogP) is 4.39. The van der Waals surface area contributed by atoms with Crippen molar-refractivity contribution in [2.75, 3.05) is 13.2 Å². The maximum Gasteiger partial charge on any atom is 0.0731 e. The van der Waals surface area contributed by atoms with E-state index in [-0.39, 0.29) is 0 Å². The van der Waals surface area contributed by atoms with Gasteiger partial charge in [-0.2, -0.15) is 0 Å². The largest absolute Gasteiger partial charge is 0.376 e. The molecule has 0 aromatic rings. The van der Waals surface area contributed by atoms with E-state index in [4.69, 9.17) is 4.74 Å². The first-order valence-corrected chi connectivity index (χ1v) is 8.91. The number of hydrogen-bond donors (Lipinski definition) is 1. The third kappa shape index (κ3) is 4.46. The first-order chi connectivity index (χ1) is 9.56. The molecule has 1 N–H and O–H groups in total. The van der Waals surface area contributed by atoms with E-state index in [0.29, 0.717) is 17.6 Å². The summed E-state index contributed by atoms with van der Waals surface area (Å²) in [6.45, 7) is 11.6. The van der Waals surface area contributed by atoms with Crippen molar-refractivity contribution >= 4 is 0 Å². The van der Waals surface area contributed by atoms with Gasteiger partial charge in [0.15, 0.2) is 0 Å². The van der Waals surface area contributed by atoms with Crippen LogP contribution >= 0.6 is 0 Å². The van der Waals surface area contributed by atoms with Crippen LogP contribution in [0.3, 0.4) is 0 Å². The van der Waals surface area contributed by atoms with Crippen LogP contribution < -0.4 is 5.32 Å². The fraction of sp³-hybridized carbons (Fsp3) is 1.00. The summed E-state index contributed by atoms with van der Waals surface area (Å²) in [5, 5.41) is 3.73. The van der Waals surface area contributed by atoms with Crippen LogP contribution in [0.4, 0.5) is 0 Å². The molecule has 0 aromatic carbocycles. The summed E-state index contributed by atoms with van der Waals surface area (Å²) in [4.78, 5) is 0. The molecule has 2 saturated carbocycles. The Morgan fingerprint density at radius 3 is 2.45 bits per heavy atom. The molecule has 2 aliphatic carbocycles. The first kappa shape index (κ1) is 16.3. The molecule has 0 aromatic heterocycles. The summed E-state index contributed by atoms with van der Waals surface area (Å²) >= 11 is 0. The van der Waals surface area contributed by atoms with Gasteiger partial charge in [-0.25, -0.2) is 0 Å². The molecule has 3 atom stereocenters. The van der Waals surface area contributed by atoms with E-state index < -0.39 is 0 Å². The molecule has 20 heavy (non-hydrogen) atoms. The van der Waals surface area contributed by atoms with Crippen LogP contribution in [-0.4, -0.2) is 25.3 Å². The van der Waals surface area contributed by atoms with Gasteiger partial charge < -0.3 is 10.1 Å². The monoisotopic (exact) mass is 281 g/mol. The smallest absolute Gasteiger partial charge is 0.0731 e. The zero-order chi connectivity index (χ0) is 14.6. The Morgan fingerprint density at radius 1 is 1.10 bits per heavy atom. The highest BCUT2D eigenvalue weighted by atomic mass is 16.5. The van der Waals surface area contributed by atoms with Crippen LogP contribution in [-0.2, 0) is 4.74 Å². The average Bonchev–Trinajstić information content (AvgIpc) is 3.27. The molecule has 0 amide bonds. The number of nitrogens with one attached hydrogen (secondary N) is 1. The van der Waals surface area contributed by atoms with Crippen molar-refractivity contribution in [3.8, 4) is 0 Å². The second-order valence-corrected chi connectivity index (χ2v) is 7.73. The van der Waals surface area contributed by atoms with Crippen LogP contribution in [0.25, 0.3) is 0 Å². The van der Waals surface area contributed by atoms with E-state index in [1.54, 1.807) is 0 Å². The lowest BCUT2D eigenvalue weighted by Gasteiger charge is -2.43. The molecule has 2 nitrogen and oxygen atoms in total. The molecule has 0 bridgehead atoms. The van der Waals surface area contributed by atoms with Crippen LogP contribution in [0, 0.1) is 17.3 Å². The fourth-order valence-corrected chi connectivity index (χ4v) is 3.42. The van der Waals surface area contributed by atoms with Gasteiger partial charge in [0, 0.05) is 12.6 Å². The minimum Gasteiger partial charge on any atom is -0.376 e. The van der Waals surface area contributed by atoms with Crippen molar-refractivity contribution in [3.63, 3.8) is 0 Å². The van der Waals surface area contributed by atoms with E-state index in [2.05, 4.69) is 33.0 Å². The highest BCUT2D eigenvalue weighted by Gasteiger charge is 2.38.